The second-order valence-electron chi connectivity index (χ2n) is 6.31. The number of carbonyl (C=O) groups is 1. The quantitative estimate of drug-likeness (QED) is 0.855. The zero-order chi connectivity index (χ0) is 15.2. The molecule has 1 atom stereocenters. The minimum Gasteiger partial charge on any atom is -0.326 e. The van der Waals surface area contributed by atoms with Crippen LogP contribution >= 0.6 is 0 Å². The first-order valence-corrected chi connectivity index (χ1v) is 8.25. The van der Waals surface area contributed by atoms with E-state index in [1.807, 2.05) is 18.2 Å². The van der Waals surface area contributed by atoms with Gasteiger partial charge < -0.3 is 10.6 Å². The molecule has 1 aliphatic rings. The molecule has 116 valence electrons. The fraction of sp³-hybridized carbons (Fsp3) is 0.611. The maximum Gasteiger partial charge on any atom is 0.227 e. The second kappa shape index (κ2) is 7.60. The van der Waals surface area contributed by atoms with Gasteiger partial charge in [-0.25, -0.2) is 0 Å². The SMILES string of the molecule is CCNC(C)c1ccccc1NC(=O)C1CCC(C)CC1. The first-order valence-electron chi connectivity index (χ1n) is 8.25. The summed E-state index contributed by atoms with van der Waals surface area (Å²) < 4.78 is 0. The number of nitrogens with one attached hydrogen (secondary N) is 2. The zero-order valence-corrected chi connectivity index (χ0v) is 13.5. The van der Waals surface area contributed by atoms with Gasteiger partial charge in [0.2, 0.25) is 5.91 Å². The van der Waals surface area contributed by atoms with E-state index in [0.717, 1.165) is 36.6 Å². The van der Waals surface area contributed by atoms with Crippen LogP contribution in [0.15, 0.2) is 24.3 Å². The van der Waals surface area contributed by atoms with Crippen molar-refractivity contribution in [2.24, 2.45) is 11.8 Å². The molecule has 1 unspecified atom stereocenters. The Morgan fingerprint density at radius 1 is 1.24 bits per heavy atom. The second-order valence-corrected chi connectivity index (χ2v) is 6.31. The van der Waals surface area contributed by atoms with Crippen LogP contribution in [0.3, 0.4) is 0 Å². The van der Waals surface area contributed by atoms with Crippen LogP contribution in [0.2, 0.25) is 0 Å². The molecular formula is C18H28N2O. The third-order valence-electron chi connectivity index (χ3n) is 4.58. The van der Waals surface area contributed by atoms with Crippen LogP contribution in [0.4, 0.5) is 5.69 Å². The Morgan fingerprint density at radius 2 is 1.90 bits per heavy atom. The smallest absolute Gasteiger partial charge is 0.227 e. The minimum absolute atomic E-state index is 0.184. The molecule has 1 aliphatic carbocycles. The molecule has 21 heavy (non-hydrogen) atoms. The van der Waals surface area contributed by atoms with Gasteiger partial charge >= 0.3 is 0 Å². The maximum atomic E-state index is 12.5. The molecule has 1 amide bonds. The van der Waals surface area contributed by atoms with E-state index in [1.165, 1.54) is 12.8 Å². The third-order valence-corrected chi connectivity index (χ3v) is 4.58. The van der Waals surface area contributed by atoms with Gasteiger partial charge in [0.25, 0.3) is 0 Å². The van der Waals surface area contributed by atoms with Crippen molar-refractivity contribution in [2.45, 2.75) is 52.5 Å². The lowest BCUT2D eigenvalue weighted by atomic mass is 9.82. The fourth-order valence-electron chi connectivity index (χ4n) is 3.16. The molecule has 2 N–H and O–H groups in total. The Kier molecular flexibility index (Phi) is 5.80. The van der Waals surface area contributed by atoms with Crippen molar-refractivity contribution in [3.05, 3.63) is 29.8 Å². The number of rotatable bonds is 5. The molecule has 1 saturated carbocycles. The largest absolute Gasteiger partial charge is 0.326 e. The van der Waals surface area contributed by atoms with Crippen molar-refractivity contribution < 1.29 is 4.79 Å². The molecule has 0 spiro atoms. The van der Waals surface area contributed by atoms with Crippen molar-refractivity contribution in [2.75, 3.05) is 11.9 Å². The summed E-state index contributed by atoms with van der Waals surface area (Å²) in [5.74, 6) is 1.15. The Morgan fingerprint density at radius 3 is 2.57 bits per heavy atom. The summed E-state index contributed by atoms with van der Waals surface area (Å²) in [6.45, 7) is 7.43. The molecular weight excluding hydrogens is 260 g/mol. The van der Waals surface area contributed by atoms with Gasteiger partial charge in [0.05, 0.1) is 0 Å². The Labute approximate surface area is 128 Å². The van der Waals surface area contributed by atoms with E-state index in [0.29, 0.717) is 0 Å². The molecule has 2 rings (SSSR count). The predicted octanol–water partition coefficient (Wildman–Crippen LogP) is 4.12. The van der Waals surface area contributed by atoms with Gasteiger partial charge in [0.1, 0.15) is 0 Å². The molecule has 0 bridgehead atoms. The lowest BCUT2D eigenvalue weighted by Crippen LogP contribution is -2.28. The van der Waals surface area contributed by atoms with Gasteiger partial charge in [-0.2, -0.15) is 0 Å². The van der Waals surface area contributed by atoms with Crippen LogP contribution < -0.4 is 10.6 Å². The number of benzene rings is 1. The van der Waals surface area contributed by atoms with Crippen LogP contribution in [0.5, 0.6) is 0 Å². The Hall–Kier alpha value is -1.35. The molecule has 0 radical (unpaired) electrons. The normalized spacial score (nSPS) is 23.6. The lowest BCUT2D eigenvalue weighted by molar-refractivity contribution is -0.121. The highest BCUT2D eigenvalue weighted by atomic mass is 16.1. The van der Waals surface area contributed by atoms with E-state index in [4.69, 9.17) is 0 Å². The predicted molar refractivity (Wildman–Crippen MR) is 88.3 cm³/mol. The van der Waals surface area contributed by atoms with Gasteiger partial charge in [-0.05, 0) is 56.7 Å². The highest BCUT2D eigenvalue weighted by molar-refractivity contribution is 5.93. The summed E-state index contributed by atoms with van der Waals surface area (Å²) in [7, 11) is 0. The molecule has 0 saturated heterocycles. The number of hydrogen-bond donors (Lipinski definition) is 2. The van der Waals surface area contributed by atoms with E-state index >= 15 is 0 Å². The molecule has 1 aromatic carbocycles. The molecule has 0 aromatic heterocycles. The summed E-state index contributed by atoms with van der Waals surface area (Å²) in [5.41, 5.74) is 2.12. The highest BCUT2D eigenvalue weighted by Gasteiger charge is 2.25. The lowest BCUT2D eigenvalue weighted by Gasteiger charge is -2.26. The van der Waals surface area contributed by atoms with Crippen molar-refractivity contribution in [3.8, 4) is 0 Å². The average molecular weight is 288 g/mol. The molecule has 3 heteroatoms. The number of para-hydroxylation sites is 1. The maximum absolute atomic E-state index is 12.5. The summed E-state index contributed by atoms with van der Waals surface area (Å²) in [5, 5.41) is 6.56. The van der Waals surface area contributed by atoms with Crippen molar-refractivity contribution in [1.82, 2.24) is 5.32 Å². The molecule has 1 fully saturated rings. The van der Waals surface area contributed by atoms with Crippen molar-refractivity contribution >= 4 is 11.6 Å². The van der Waals surface area contributed by atoms with Gasteiger partial charge in [0.15, 0.2) is 0 Å². The number of carbonyl (C=O) groups excluding carboxylic acids is 1. The van der Waals surface area contributed by atoms with Crippen molar-refractivity contribution in [3.63, 3.8) is 0 Å². The number of amides is 1. The first-order chi connectivity index (χ1) is 10.1. The summed E-state index contributed by atoms with van der Waals surface area (Å²) in [6.07, 6.45) is 4.40. The highest BCUT2D eigenvalue weighted by Crippen LogP contribution is 2.30. The standard InChI is InChI=1S/C18H28N2O/c1-4-19-14(3)16-7-5-6-8-17(16)20-18(21)15-11-9-13(2)10-12-15/h5-8,13-15,19H,4,9-12H2,1-3H3,(H,20,21). The Balaban J connectivity index is 2.03. The third kappa shape index (κ3) is 4.31. The van der Waals surface area contributed by atoms with Gasteiger partial charge in [-0.3, -0.25) is 4.79 Å². The number of hydrogen-bond acceptors (Lipinski definition) is 2. The fourth-order valence-corrected chi connectivity index (χ4v) is 3.16. The van der Waals surface area contributed by atoms with E-state index in [9.17, 15) is 4.79 Å². The minimum atomic E-state index is 0.184. The van der Waals surface area contributed by atoms with Gasteiger partial charge in [-0.15, -0.1) is 0 Å². The van der Waals surface area contributed by atoms with Crippen molar-refractivity contribution in [1.29, 1.82) is 0 Å². The summed E-state index contributed by atoms with van der Waals surface area (Å²) >= 11 is 0. The van der Waals surface area contributed by atoms with E-state index < -0.39 is 0 Å². The Bertz CT molecular complexity index is 464. The van der Waals surface area contributed by atoms with Gasteiger partial charge in [-0.1, -0.05) is 32.0 Å². The number of anilines is 1. The van der Waals surface area contributed by atoms with Crippen LogP contribution in [-0.4, -0.2) is 12.5 Å². The average Bonchev–Trinajstić information content (AvgIpc) is 2.48. The van der Waals surface area contributed by atoms with E-state index in [1.54, 1.807) is 0 Å². The zero-order valence-electron chi connectivity index (χ0n) is 13.5. The van der Waals surface area contributed by atoms with Crippen LogP contribution in [0.1, 0.15) is 58.1 Å². The monoisotopic (exact) mass is 288 g/mol. The topological polar surface area (TPSA) is 41.1 Å². The molecule has 3 nitrogen and oxygen atoms in total. The molecule has 1 aromatic rings. The summed E-state index contributed by atoms with van der Waals surface area (Å²) in [4.78, 5) is 12.5. The van der Waals surface area contributed by atoms with E-state index in [2.05, 4.69) is 37.5 Å². The molecule has 0 aliphatic heterocycles. The first kappa shape index (κ1) is 16.0. The van der Waals surface area contributed by atoms with E-state index in [-0.39, 0.29) is 17.9 Å². The van der Waals surface area contributed by atoms with Crippen LogP contribution in [-0.2, 0) is 4.79 Å². The van der Waals surface area contributed by atoms with Crippen LogP contribution in [0, 0.1) is 11.8 Å². The molecule has 0 heterocycles. The van der Waals surface area contributed by atoms with Gasteiger partial charge in [0, 0.05) is 17.6 Å². The van der Waals surface area contributed by atoms with Crippen LogP contribution in [0.25, 0.3) is 0 Å². The summed E-state index contributed by atoms with van der Waals surface area (Å²) in [6, 6.07) is 8.36.